The van der Waals surface area contributed by atoms with Gasteiger partial charge in [0.15, 0.2) is 0 Å². The SMILES string of the molecule is Oc1cccc(-c2nc(COc3ccc(CCCn4ccnc4)cc3)co2)c1. The number of oxazole rings is 1. The van der Waals surface area contributed by atoms with E-state index in [1.165, 1.54) is 5.56 Å². The number of benzene rings is 2. The highest BCUT2D eigenvalue weighted by Gasteiger charge is 2.08. The fourth-order valence-electron chi connectivity index (χ4n) is 2.94. The predicted octanol–water partition coefficient (Wildman–Crippen LogP) is 4.46. The topological polar surface area (TPSA) is 73.3 Å². The second-order valence-corrected chi connectivity index (χ2v) is 6.53. The van der Waals surface area contributed by atoms with Gasteiger partial charge in [-0.3, -0.25) is 0 Å². The van der Waals surface area contributed by atoms with E-state index in [4.69, 9.17) is 9.15 Å². The van der Waals surface area contributed by atoms with Gasteiger partial charge in [-0.15, -0.1) is 0 Å². The molecule has 2 aromatic heterocycles. The Morgan fingerprint density at radius 3 is 2.79 bits per heavy atom. The van der Waals surface area contributed by atoms with E-state index in [1.54, 1.807) is 30.7 Å². The van der Waals surface area contributed by atoms with Crippen LogP contribution in [-0.2, 0) is 19.6 Å². The molecule has 1 N–H and O–H groups in total. The molecule has 0 fully saturated rings. The lowest BCUT2D eigenvalue weighted by Crippen LogP contribution is -1.98. The zero-order chi connectivity index (χ0) is 19.2. The Morgan fingerprint density at radius 1 is 1.11 bits per heavy atom. The molecule has 0 amide bonds. The zero-order valence-corrected chi connectivity index (χ0v) is 15.4. The van der Waals surface area contributed by atoms with E-state index in [9.17, 15) is 5.11 Å². The van der Waals surface area contributed by atoms with Crippen molar-refractivity contribution in [3.63, 3.8) is 0 Å². The summed E-state index contributed by atoms with van der Waals surface area (Å²) in [5, 5.41) is 9.56. The van der Waals surface area contributed by atoms with E-state index in [2.05, 4.69) is 26.7 Å². The number of aromatic hydroxyl groups is 1. The van der Waals surface area contributed by atoms with Gasteiger partial charge in [-0.1, -0.05) is 18.2 Å². The van der Waals surface area contributed by atoms with Crippen molar-refractivity contribution < 1.29 is 14.3 Å². The van der Waals surface area contributed by atoms with Crippen LogP contribution < -0.4 is 4.74 Å². The van der Waals surface area contributed by atoms with Crippen molar-refractivity contribution in [1.82, 2.24) is 14.5 Å². The van der Waals surface area contributed by atoms with Crippen molar-refractivity contribution in [3.8, 4) is 23.0 Å². The summed E-state index contributed by atoms with van der Waals surface area (Å²) in [6.07, 6.45) is 9.26. The Balaban J connectivity index is 1.28. The van der Waals surface area contributed by atoms with Gasteiger partial charge in [0.05, 0.1) is 6.33 Å². The summed E-state index contributed by atoms with van der Waals surface area (Å²) >= 11 is 0. The lowest BCUT2D eigenvalue weighted by Gasteiger charge is -2.06. The van der Waals surface area contributed by atoms with Crippen molar-refractivity contribution in [2.75, 3.05) is 0 Å². The molecule has 0 atom stereocenters. The number of hydrogen-bond acceptors (Lipinski definition) is 5. The standard InChI is InChI=1S/C22H21N3O3/c26-20-5-1-4-18(13-20)22-24-19(15-28-22)14-27-21-8-6-17(7-9-21)3-2-11-25-12-10-23-16-25/h1,4-10,12-13,15-16,26H,2-3,11,14H2. The number of ether oxygens (including phenoxy) is 1. The highest BCUT2D eigenvalue weighted by atomic mass is 16.5. The Labute approximate surface area is 163 Å². The lowest BCUT2D eigenvalue weighted by atomic mass is 10.1. The van der Waals surface area contributed by atoms with E-state index in [0.29, 0.717) is 18.2 Å². The number of nitrogens with zero attached hydrogens (tertiary/aromatic N) is 3. The molecule has 0 aliphatic heterocycles. The summed E-state index contributed by atoms with van der Waals surface area (Å²) in [5.74, 6) is 1.43. The van der Waals surface area contributed by atoms with Crippen molar-refractivity contribution in [1.29, 1.82) is 0 Å². The molecule has 0 radical (unpaired) electrons. The van der Waals surface area contributed by atoms with Gasteiger partial charge >= 0.3 is 0 Å². The number of phenols is 1. The van der Waals surface area contributed by atoms with E-state index >= 15 is 0 Å². The van der Waals surface area contributed by atoms with Gasteiger partial charge in [0, 0.05) is 24.5 Å². The molecule has 6 nitrogen and oxygen atoms in total. The summed E-state index contributed by atoms with van der Waals surface area (Å²) in [5.41, 5.74) is 2.70. The third-order valence-corrected chi connectivity index (χ3v) is 4.40. The van der Waals surface area contributed by atoms with Crippen LogP contribution in [-0.4, -0.2) is 19.6 Å². The molecular weight excluding hydrogens is 354 g/mol. The minimum Gasteiger partial charge on any atom is -0.508 e. The molecule has 0 aliphatic rings. The number of rotatable bonds is 8. The maximum Gasteiger partial charge on any atom is 0.226 e. The van der Waals surface area contributed by atoms with Crippen molar-refractivity contribution in [2.24, 2.45) is 0 Å². The molecule has 142 valence electrons. The molecule has 2 aromatic carbocycles. The van der Waals surface area contributed by atoms with Crippen LogP contribution >= 0.6 is 0 Å². The molecule has 4 rings (SSSR count). The molecule has 6 heteroatoms. The second-order valence-electron chi connectivity index (χ2n) is 6.53. The van der Waals surface area contributed by atoms with Crippen LogP contribution in [0.25, 0.3) is 11.5 Å². The number of hydrogen-bond donors (Lipinski definition) is 1. The number of aryl methyl sites for hydroxylation is 2. The molecule has 0 spiro atoms. The zero-order valence-electron chi connectivity index (χ0n) is 15.4. The normalized spacial score (nSPS) is 10.9. The molecule has 0 aliphatic carbocycles. The second kappa shape index (κ2) is 8.43. The van der Waals surface area contributed by atoms with Crippen molar-refractivity contribution in [2.45, 2.75) is 26.0 Å². The Kier molecular flexibility index (Phi) is 5.38. The predicted molar refractivity (Wildman–Crippen MR) is 105 cm³/mol. The van der Waals surface area contributed by atoms with E-state index < -0.39 is 0 Å². The Hall–Kier alpha value is -3.54. The first-order valence-corrected chi connectivity index (χ1v) is 9.17. The summed E-state index contributed by atoms with van der Waals surface area (Å²) < 4.78 is 13.4. The molecule has 0 saturated carbocycles. The molecule has 0 bridgehead atoms. The van der Waals surface area contributed by atoms with E-state index in [-0.39, 0.29) is 5.75 Å². The molecule has 4 aromatic rings. The molecular formula is C22H21N3O3. The first-order chi connectivity index (χ1) is 13.8. The van der Waals surface area contributed by atoms with Crippen molar-refractivity contribution >= 4 is 0 Å². The van der Waals surface area contributed by atoms with Gasteiger partial charge < -0.3 is 18.8 Å². The monoisotopic (exact) mass is 375 g/mol. The number of phenolic OH excluding ortho intramolecular Hbond substituents is 1. The largest absolute Gasteiger partial charge is 0.508 e. The van der Waals surface area contributed by atoms with Crippen LogP contribution in [0.3, 0.4) is 0 Å². The van der Waals surface area contributed by atoms with Crippen LogP contribution in [0.1, 0.15) is 17.7 Å². The van der Waals surface area contributed by atoms with E-state index in [0.717, 1.165) is 30.7 Å². The quantitative estimate of drug-likeness (QED) is 0.492. The van der Waals surface area contributed by atoms with Crippen LogP contribution in [0.2, 0.25) is 0 Å². The first-order valence-electron chi connectivity index (χ1n) is 9.17. The highest BCUT2D eigenvalue weighted by Crippen LogP contribution is 2.23. The van der Waals surface area contributed by atoms with Crippen LogP contribution in [0.5, 0.6) is 11.5 Å². The maximum absolute atomic E-state index is 9.56. The minimum atomic E-state index is 0.179. The maximum atomic E-state index is 9.56. The van der Waals surface area contributed by atoms with Gasteiger partial charge in [-0.25, -0.2) is 9.97 Å². The summed E-state index contributed by atoms with van der Waals surface area (Å²) in [6, 6.07) is 14.9. The summed E-state index contributed by atoms with van der Waals surface area (Å²) in [6.45, 7) is 1.29. The summed E-state index contributed by atoms with van der Waals surface area (Å²) in [7, 11) is 0. The lowest BCUT2D eigenvalue weighted by molar-refractivity contribution is 0.301. The van der Waals surface area contributed by atoms with Crippen molar-refractivity contribution in [3.05, 3.63) is 84.8 Å². The minimum absolute atomic E-state index is 0.179. The van der Waals surface area contributed by atoms with E-state index in [1.807, 2.05) is 30.7 Å². The number of imidazole rings is 1. The Morgan fingerprint density at radius 2 is 2.00 bits per heavy atom. The summed E-state index contributed by atoms with van der Waals surface area (Å²) in [4.78, 5) is 8.46. The van der Waals surface area contributed by atoms with Gasteiger partial charge in [-0.2, -0.15) is 0 Å². The van der Waals surface area contributed by atoms with Crippen LogP contribution in [0.4, 0.5) is 0 Å². The molecule has 0 saturated heterocycles. The highest BCUT2D eigenvalue weighted by molar-refractivity contribution is 5.55. The van der Waals surface area contributed by atoms with Gasteiger partial charge in [0.2, 0.25) is 5.89 Å². The molecule has 0 unspecified atom stereocenters. The molecule has 2 heterocycles. The average molecular weight is 375 g/mol. The van der Waals surface area contributed by atoms with Gasteiger partial charge in [0.25, 0.3) is 0 Å². The van der Waals surface area contributed by atoms with Crippen LogP contribution in [0, 0.1) is 0 Å². The fourth-order valence-corrected chi connectivity index (χ4v) is 2.94. The van der Waals surface area contributed by atoms with Gasteiger partial charge in [0.1, 0.15) is 30.1 Å². The van der Waals surface area contributed by atoms with Crippen LogP contribution in [0.15, 0.2) is 77.9 Å². The Bertz CT molecular complexity index is 1010. The average Bonchev–Trinajstić information content (AvgIpc) is 3.40. The first kappa shape index (κ1) is 17.9. The number of aromatic nitrogens is 3. The van der Waals surface area contributed by atoms with Gasteiger partial charge in [-0.05, 0) is 48.7 Å². The third-order valence-electron chi connectivity index (χ3n) is 4.40. The smallest absolute Gasteiger partial charge is 0.226 e. The fraction of sp³-hybridized carbons (Fsp3) is 0.182. The molecule has 28 heavy (non-hydrogen) atoms. The third kappa shape index (κ3) is 4.59.